The lowest BCUT2D eigenvalue weighted by molar-refractivity contribution is 0.0468. The summed E-state index contributed by atoms with van der Waals surface area (Å²) < 4.78 is 22.5. The fourth-order valence-electron chi connectivity index (χ4n) is 5.05. The summed E-state index contributed by atoms with van der Waals surface area (Å²) in [5.74, 6) is -0.995. The third-order valence-corrected chi connectivity index (χ3v) is 7.73. The molecule has 2 saturated heterocycles. The van der Waals surface area contributed by atoms with E-state index in [1.54, 1.807) is 48.5 Å². The maximum absolute atomic E-state index is 13.2. The van der Waals surface area contributed by atoms with Crippen molar-refractivity contribution in [2.75, 3.05) is 26.4 Å². The van der Waals surface area contributed by atoms with Crippen LogP contribution < -0.4 is 22.2 Å². The molecule has 0 aliphatic carbocycles. The highest BCUT2D eigenvalue weighted by molar-refractivity contribution is 5.98. The van der Waals surface area contributed by atoms with Gasteiger partial charge in [0.2, 0.25) is 0 Å². The number of carbonyl (C=O) groups excluding carboxylic acids is 2. The summed E-state index contributed by atoms with van der Waals surface area (Å²) in [7, 11) is 0. The number of aromatic nitrogens is 2. The van der Waals surface area contributed by atoms with E-state index in [1.807, 2.05) is 0 Å². The van der Waals surface area contributed by atoms with Crippen LogP contribution in [0.15, 0.2) is 79.8 Å². The SMILES string of the molecule is O=C(OCC1CO1)c1ccc(Cn2c(=O)c3cc4c(=O)n(Cc5ccc(C(=O)OCC6CO6)cc5)c(=O)c4cc3c2=O)cc1. The highest BCUT2D eigenvalue weighted by Gasteiger charge is 2.26. The normalized spacial score (nSPS) is 17.2. The maximum Gasteiger partial charge on any atom is 0.338 e. The molecular weight excluding hydrogens is 572 g/mol. The predicted molar refractivity (Wildman–Crippen MR) is 156 cm³/mol. The first-order valence-corrected chi connectivity index (χ1v) is 13.9. The number of rotatable bonds is 10. The molecule has 2 unspecified atom stereocenters. The van der Waals surface area contributed by atoms with Crippen LogP contribution in [0.5, 0.6) is 0 Å². The summed E-state index contributed by atoms with van der Waals surface area (Å²) in [6.07, 6.45) is -0.100. The van der Waals surface area contributed by atoms with E-state index < -0.39 is 34.2 Å². The molecule has 0 amide bonds. The molecule has 5 aromatic rings. The van der Waals surface area contributed by atoms with Crippen LogP contribution in [0.3, 0.4) is 0 Å². The van der Waals surface area contributed by atoms with Gasteiger partial charge in [0.05, 0.1) is 59.0 Å². The van der Waals surface area contributed by atoms with Crippen LogP contribution in [0.2, 0.25) is 0 Å². The van der Waals surface area contributed by atoms with E-state index in [0.29, 0.717) is 35.5 Å². The Hall–Kier alpha value is -5.20. The molecule has 3 aromatic carbocycles. The number of fused-ring (bicyclic) bond motifs is 2. The number of hydrogen-bond donors (Lipinski definition) is 0. The molecule has 0 saturated carbocycles. The molecule has 12 heteroatoms. The summed E-state index contributed by atoms with van der Waals surface area (Å²) in [5.41, 5.74) is -0.497. The van der Waals surface area contributed by atoms with Crippen molar-refractivity contribution >= 4 is 33.5 Å². The Bertz CT molecular complexity index is 1910. The minimum absolute atomic E-state index is 0.0405. The number of nitrogens with zero attached hydrogens (tertiary/aromatic N) is 2. The molecule has 2 aromatic heterocycles. The van der Waals surface area contributed by atoms with E-state index in [1.165, 1.54) is 12.1 Å². The van der Waals surface area contributed by atoms with Crippen molar-refractivity contribution in [3.05, 3.63) is 124 Å². The molecule has 0 N–H and O–H groups in total. The Morgan fingerprint density at radius 3 is 1.20 bits per heavy atom. The van der Waals surface area contributed by atoms with E-state index in [2.05, 4.69) is 0 Å². The summed E-state index contributed by atoms with van der Waals surface area (Å²) in [4.78, 5) is 77.3. The lowest BCUT2D eigenvalue weighted by atomic mass is 10.1. The first-order chi connectivity index (χ1) is 21.3. The predicted octanol–water partition coefficient (Wildman–Crippen LogP) is 1.12. The zero-order chi connectivity index (χ0) is 30.5. The van der Waals surface area contributed by atoms with Crippen molar-refractivity contribution in [2.45, 2.75) is 25.3 Å². The van der Waals surface area contributed by atoms with Crippen molar-refractivity contribution in [2.24, 2.45) is 0 Å². The van der Waals surface area contributed by atoms with Crippen LogP contribution in [0.4, 0.5) is 0 Å². The average Bonchev–Trinajstić information content (AvgIpc) is 3.98. The van der Waals surface area contributed by atoms with Crippen molar-refractivity contribution in [3.8, 4) is 0 Å². The van der Waals surface area contributed by atoms with Crippen molar-refractivity contribution in [3.63, 3.8) is 0 Å². The van der Waals surface area contributed by atoms with Gasteiger partial charge >= 0.3 is 11.9 Å². The highest BCUT2D eigenvalue weighted by Crippen LogP contribution is 2.17. The topological polar surface area (TPSA) is 156 Å². The van der Waals surface area contributed by atoms with Gasteiger partial charge in [0.25, 0.3) is 22.2 Å². The lowest BCUT2D eigenvalue weighted by Crippen LogP contribution is -2.26. The molecular formula is C32H24N2O10. The van der Waals surface area contributed by atoms with Gasteiger partial charge < -0.3 is 18.9 Å². The van der Waals surface area contributed by atoms with Gasteiger partial charge in [-0.05, 0) is 47.5 Å². The Balaban J connectivity index is 1.12. The van der Waals surface area contributed by atoms with E-state index >= 15 is 0 Å². The van der Waals surface area contributed by atoms with E-state index in [-0.39, 0.29) is 60.1 Å². The largest absolute Gasteiger partial charge is 0.459 e. The molecule has 2 aliphatic rings. The lowest BCUT2D eigenvalue weighted by Gasteiger charge is -2.05. The zero-order valence-corrected chi connectivity index (χ0v) is 23.1. The van der Waals surface area contributed by atoms with Gasteiger partial charge in [0.1, 0.15) is 25.4 Å². The van der Waals surface area contributed by atoms with Crippen molar-refractivity contribution in [1.29, 1.82) is 0 Å². The van der Waals surface area contributed by atoms with Crippen LogP contribution in [0, 0.1) is 0 Å². The average molecular weight is 597 g/mol. The minimum Gasteiger partial charge on any atom is -0.459 e. The van der Waals surface area contributed by atoms with Gasteiger partial charge in [-0.1, -0.05) is 24.3 Å². The van der Waals surface area contributed by atoms with Gasteiger partial charge in [0.15, 0.2) is 0 Å². The van der Waals surface area contributed by atoms with E-state index in [4.69, 9.17) is 18.9 Å². The Morgan fingerprint density at radius 2 is 0.909 bits per heavy atom. The summed E-state index contributed by atoms with van der Waals surface area (Å²) >= 11 is 0. The van der Waals surface area contributed by atoms with Crippen LogP contribution in [-0.4, -0.2) is 59.7 Å². The maximum atomic E-state index is 13.2. The quantitative estimate of drug-likeness (QED) is 0.169. The van der Waals surface area contributed by atoms with Crippen molar-refractivity contribution in [1.82, 2.24) is 9.13 Å². The highest BCUT2D eigenvalue weighted by atomic mass is 16.6. The molecule has 7 rings (SSSR count). The Kier molecular flexibility index (Phi) is 6.79. The second-order valence-corrected chi connectivity index (χ2v) is 10.8. The number of epoxide rings is 2. The van der Waals surface area contributed by atoms with Crippen LogP contribution in [-0.2, 0) is 32.0 Å². The second-order valence-electron chi connectivity index (χ2n) is 10.8. The molecule has 2 fully saturated rings. The number of benzene rings is 3. The van der Waals surface area contributed by atoms with Gasteiger partial charge in [-0.3, -0.25) is 28.3 Å². The summed E-state index contributed by atoms with van der Waals surface area (Å²) in [5, 5.41) is 0.162. The minimum atomic E-state index is -0.588. The molecule has 4 heterocycles. The molecule has 44 heavy (non-hydrogen) atoms. The Morgan fingerprint density at radius 1 is 0.591 bits per heavy atom. The molecule has 2 atom stereocenters. The van der Waals surface area contributed by atoms with Gasteiger partial charge in [0, 0.05) is 0 Å². The van der Waals surface area contributed by atoms with Gasteiger partial charge in [-0.25, -0.2) is 9.59 Å². The molecule has 2 aliphatic heterocycles. The van der Waals surface area contributed by atoms with Gasteiger partial charge in [-0.15, -0.1) is 0 Å². The third kappa shape index (κ3) is 5.25. The first-order valence-electron chi connectivity index (χ1n) is 13.9. The molecule has 222 valence electrons. The zero-order valence-electron chi connectivity index (χ0n) is 23.1. The van der Waals surface area contributed by atoms with Crippen LogP contribution in [0.25, 0.3) is 21.5 Å². The van der Waals surface area contributed by atoms with E-state index in [9.17, 15) is 28.8 Å². The fourth-order valence-corrected chi connectivity index (χ4v) is 5.05. The standard InChI is InChI=1S/C32H24N2O10/c35-27-23-9-25-26(30(38)34(29(25)37)12-18-3-7-20(8-4-18)32(40)44-16-22-14-42-22)10-24(23)28(36)33(27)11-17-1-5-19(6-2-17)31(39)43-15-21-13-41-21/h1-10,21-22H,11-16H2. The summed E-state index contributed by atoms with van der Waals surface area (Å²) in [6, 6.07) is 15.3. The number of carbonyl (C=O) groups is 2. The Labute approximate surface area is 247 Å². The molecule has 0 spiro atoms. The van der Waals surface area contributed by atoms with Crippen LogP contribution in [0.1, 0.15) is 31.8 Å². The molecule has 0 bridgehead atoms. The fraction of sp³-hybridized carbons (Fsp3) is 0.250. The second kappa shape index (κ2) is 10.8. The summed E-state index contributed by atoms with van der Waals surface area (Å²) in [6.45, 7) is 1.39. The molecule has 12 nitrogen and oxygen atoms in total. The third-order valence-electron chi connectivity index (χ3n) is 7.73. The smallest absolute Gasteiger partial charge is 0.338 e. The van der Waals surface area contributed by atoms with Gasteiger partial charge in [-0.2, -0.15) is 0 Å². The first kappa shape index (κ1) is 27.6. The monoisotopic (exact) mass is 596 g/mol. The number of hydrogen-bond acceptors (Lipinski definition) is 10. The van der Waals surface area contributed by atoms with Crippen molar-refractivity contribution < 1.29 is 28.5 Å². The number of esters is 2. The number of ether oxygens (including phenoxy) is 4. The van der Waals surface area contributed by atoms with Crippen LogP contribution >= 0.6 is 0 Å². The van der Waals surface area contributed by atoms with E-state index in [0.717, 1.165) is 9.13 Å². The molecule has 0 radical (unpaired) electrons.